The van der Waals surface area contributed by atoms with Gasteiger partial charge in [0.2, 0.25) is 12.7 Å². The Bertz CT molecular complexity index is 1010. The Morgan fingerprint density at radius 1 is 1.22 bits per heavy atom. The lowest BCUT2D eigenvalue weighted by molar-refractivity contribution is 0.0279. The maximum Gasteiger partial charge on any atom is 0.339 e. The Balaban J connectivity index is 1.49. The van der Waals surface area contributed by atoms with Gasteiger partial charge in [0.15, 0.2) is 17.6 Å². The van der Waals surface area contributed by atoms with E-state index in [1.165, 1.54) is 36.4 Å². The van der Waals surface area contributed by atoms with Crippen LogP contribution in [0.25, 0.3) is 11.5 Å². The summed E-state index contributed by atoms with van der Waals surface area (Å²) in [6, 6.07) is 8.51. The molecule has 138 valence electrons. The fraction of sp³-hybridized carbons (Fsp3) is 0.167. The minimum Gasteiger partial charge on any atom is -0.454 e. The van der Waals surface area contributed by atoms with E-state index in [9.17, 15) is 9.18 Å². The predicted octanol–water partition coefficient (Wildman–Crippen LogP) is 4.18. The van der Waals surface area contributed by atoms with Crippen LogP contribution >= 0.6 is 11.6 Å². The fourth-order valence-electron chi connectivity index (χ4n) is 2.47. The summed E-state index contributed by atoms with van der Waals surface area (Å²) in [5.41, 5.74) is 0.755. The van der Waals surface area contributed by atoms with Crippen LogP contribution in [0.3, 0.4) is 0 Å². The standard InChI is InChI=1S/C18H12ClFN2O5/c1-9(16-21-22-17(27-16)10-2-4-12(20)5-3-10)26-18(23)11-6-13(19)15-14(7-11)24-8-25-15/h2-7,9H,8H2,1H3/t9-/m0/s1. The molecule has 0 saturated carbocycles. The first-order valence-corrected chi connectivity index (χ1v) is 8.28. The molecule has 0 fully saturated rings. The molecule has 0 spiro atoms. The van der Waals surface area contributed by atoms with Crippen LogP contribution in [0.5, 0.6) is 11.5 Å². The maximum absolute atomic E-state index is 13.0. The lowest BCUT2D eigenvalue weighted by Gasteiger charge is -2.10. The third kappa shape index (κ3) is 3.43. The fourth-order valence-corrected chi connectivity index (χ4v) is 2.74. The first-order chi connectivity index (χ1) is 13.0. The lowest BCUT2D eigenvalue weighted by Crippen LogP contribution is -2.09. The van der Waals surface area contributed by atoms with E-state index < -0.39 is 12.1 Å². The summed E-state index contributed by atoms with van der Waals surface area (Å²) in [7, 11) is 0. The highest BCUT2D eigenvalue weighted by Crippen LogP contribution is 2.40. The molecule has 1 aromatic heterocycles. The van der Waals surface area contributed by atoms with Gasteiger partial charge in [0.25, 0.3) is 5.89 Å². The number of hydrogen-bond acceptors (Lipinski definition) is 7. The number of aromatic nitrogens is 2. The van der Waals surface area contributed by atoms with Crippen molar-refractivity contribution in [2.75, 3.05) is 6.79 Å². The summed E-state index contributed by atoms with van der Waals surface area (Å²) in [6.07, 6.45) is -0.802. The van der Waals surface area contributed by atoms with Crippen LogP contribution in [0, 0.1) is 5.82 Å². The smallest absolute Gasteiger partial charge is 0.339 e. The molecule has 1 aliphatic rings. The third-order valence-corrected chi connectivity index (χ3v) is 4.11. The molecule has 0 N–H and O–H groups in total. The number of ether oxygens (including phenoxy) is 3. The van der Waals surface area contributed by atoms with Crippen LogP contribution in [0.2, 0.25) is 5.02 Å². The number of benzene rings is 2. The first-order valence-electron chi connectivity index (χ1n) is 7.91. The average molecular weight is 391 g/mol. The van der Waals surface area contributed by atoms with Gasteiger partial charge in [-0.3, -0.25) is 0 Å². The van der Waals surface area contributed by atoms with Gasteiger partial charge < -0.3 is 18.6 Å². The van der Waals surface area contributed by atoms with E-state index in [-0.39, 0.29) is 35.0 Å². The van der Waals surface area contributed by atoms with Gasteiger partial charge in [-0.2, -0.15) is 0 Å². The minimum atomic E-state index is -0.802. The van der Waals surface area contributed by atoms with Gasteiger partial charge in [-0.25, -0.2) is 9.18 Å². The van der Waals surface area contributed by atoms with Crippen LogP contribution in [-0.4, -0.2) is 23.0 Å². The summed E-state index contributed by atoms with van der Waals surface area (Å²) in [4.78, 5) is 12.4. The highest BCUT2D eigenvalue weighted by molar-refractivity contribution is 6.32. The Morgan fingerprint density at radius 3 is 2.78 bits per heavy atom. The van der Waals surface area contributed by atoms with Gasteiger partial charge in [0.05, 0.1) is 10.6 Å². The summed E-state index contributed by atoms with van der Waals surface area (Å²) in [6.45, 7) is 1.63. The molecule has 0 bridgehead atoms. The van der Waals surface area contributed by atoms with Gasteiger partial charge in [0.1, 0.15) is 5.82 Å². The van der Waals surface area contributed by atoms with Gasteiger partial charge >= 0.3 is 5.97 Å². The largest absolute Gasteiger partial charge is 0.454 e. The van der Waals surface area contributed by atoms with Crippen molar-refractivity contribution in [2.45, 2.75) is 13.0 Å². The number of carbonyl (C=O) groups excluding carboxylic acids is 1. The van der Waals surface area contributed by atoms with Gasteiger partial charge in [-0.05, 0) is 43.3 Å². The zero-order chi connectivity index (χ0) is 19.0. The van der Waals surface area contributed by atoms with E-state index in [0.717, 1.165) is 0 Å². The second kappa shape index (κ2) is 6.88. The Kier molecular flexibility index (Phi) is 4.41. The van der Waals surface area contributed by atoms with Gasteiger partial charge in [-0.1, -0.05) is 11.6 Å². The summed E-state index contributed by atoms with van der Waals surface area (Å²) >= 11 is 6.07. The van der Waals surface area contributed by atoms with E-state index in [4.69, 9.17) is 30.2 Å². The monoisotopic (exact) mass is 390 g/mol. The molecule has 7 nitrogen and oxygen atoms in total. The molecule has 1 atom stereocenters. The van der Waals surface area contributed by atoms with Crippen LogP contribution in [0.1, 0.15) is 29.3 Å². The van der Waals surface area contributed by atoms with Crippen molar-refractivity contribution in [3.05, 3.63) is 58.7 Å². The zero-order valence-electron chi connectivity index (χ0n) is 13.9. The number of carbonyl (C=O) groups is 1. The van der Waals surface area contributed by atoms with Crippen molar-refractivity contribution in [2.24, 2.45) is 0 Å². The lowest BCUT2D eigenvalue weighted by atomic mass is 10.2. The molecule has 27 heavy (non-hydrogen) atoms. The van der Waals surface area contributed by atoms with Crippen molar-refractivity contribution >= 4 is 17.6 Å². The first kappa shape index (κ1) is 17.3. The van der Waals surface area contributed by atoms with E-state index in [0.29, 0.717) is 17.1 Å². The van der Waals surface area contributed by atoms with Crippen LogP contribution < -0.4 is 9.47 Å². The molecule has 3 aromatic rings. The number of fused-ring (bicyclic) bond motifs is 1. The second-order valence-electron chi connectivity index (χ2n) is 5.69. The third-order valence-electron chi connectivity index (χ3n) is 3.83. The van der Waals surface area contributed by atoms with Crippen molar-refractivity contribution in [3.8, 4) is 23.0 Å². The topological polar surface area (TPSA) is 83.7 Å². The quantitative estimate of drug-likeness (QED) is 0.618. The maximum atomic E-state index is 13.0. The molecular formula is C18H12ClFN2O5. The predicted molar refractivity (Wildman–Crippen MR) is 91.1 cm³/mol. The number of halogens is 2. The highest BCUT2D eigenvalue weighted by Gasteiger charge is 2.24. The van der Waals surface area contributed by atoms with Crippen LogP contribution in [-0.2, 0) is 4.74 Å². The molecule has 9 heteroatoms. The molecular weight excluding hydrogens is 379 g/mol. The molecule has 0 amide bonds. The average Bonchev–Trinajstić information content (AvgIpc) is 3.32. The molecule has 0 radical (unpaired) electrons. The van der Waals surface area contributed by atoms with Crippen LogP contribution in [0.15, 0.2) is 40.8 Å². The SMILES string of the molecule is C[C@H](OC(=O)c1cc(Cl)c2c(c1)OCO2)c1nnc(-c2ccc(F)cc2)o1. The van der Waals surface area contributed by atoms with Crippen LogP contribution in [0.4, 0.5) is 4.39 Å². The van der Waals surface area contributed by atoms with Crippen molar-refractivity contribution < 1.29 is 27.8 Å². The van der Waals surface area contributed by atoms with E-state index >= 15 is 0 Å². The molecule has 0 saturated heterocycles. The molecule has 1 aliphatic heterocycles. The Hall–Kier alpha value is -3.13. The van der Waals surface area contributed by atoms with E-state index in [1.54, 1.807) is 6.92 Å². The minimum absolute atomic E-state index is 0.0398. The summed E-state index contributed by atoms with van der Waals surface area (Å²) < 4.78 is 34.3. The van der Waals surface area contributed by atoms with Crippen molar-refractivity contribution in [3.63, 3.8) is 0 Å². The number of esters is 1. The zero-order valence-corrected chi connectivity index (χ0v) is 14.7. The molecule has 4 rings (SSSR count). The Labute approximate surface area is 157 Å². The number of nitrogens with zero attached hydrogens (tertiary/aromatic N) is 2. The van der Waals surface area contributed by atoms with Crippen molar-refractivity contribution in [1.29, 1.82) is 0 Å². The molecule has 2 aromatic carbocycles. The van der Waals surface area contributed by atoms with E-state index in [1.807, 2.05) is 0 Å². The number of rotatable bonds is 4. The second-order valence-corrected chi connectivity index (χ2v) is 6.10. The van der Waals surface area contributed by atoms with Gasteiger partial charge in [-0.15, -0.1) is 10.2 Å². The highest BCUT2D eigenvalue weighted by atomic mass is 35.5. The van der Waals surface area contributed by atoms with Crippen molar-refractivity contribution in [1.82, 2.24) is 10.2 Å². The van der Waals surface area contributed by atoms with E-state index in [2.05, 4.69) is 10.2 Å². The summed E-state index contributed by atoms with van der Waals surface area (Å²) in [5.74, 6) is 0.0570. The molecule has 0 unspecified atom stereocenters. The van der Waals surface area contributed by atoms with Gasteiger partial charge in [0, 0.05) is 5.56 Å². The molecule has 0 aliphatic carbocycles. The Morgan fingerprint density at radius 2 is 2.00 bits per heavy atom. The number of hydrogen-bond donors (Lipinski definition) is 0. The normalized spacial score (nSPS) is 13.4. The molecule has 2 heterocycles. The summed E-state index contributed by atoms with van der Waals surface area (Å²) in [5, 5.41) is 8.02.